The third-order valence-electron chi connectivity index (χ3n) is 2.05. The van der Waals surface area contributed by atoms with Crippen LogP contribution in [0.15, 0.2) is 0 Å². The van der Waals surface area contributed by atoms with Crippen LogP contribution in [0.4, 0.5) is 0 Å². The van der Waals surface area contributed by atoms with E-state index < -0.39 is 31.2 Å². The highest BCUT2D eigenvalue weighted by molar-refractivity contribution is 7.54. The van der Waals surface area contributed by atoms with Gasteiger partial charge in [-0.25, -0.2) is 4.31 Å². The van der Waals surface area contributed by atoms with Gasteiger partial charge >= 0.3 is 25.8 Å². The second kappa shape index (κ2) is 5.74. The summed E-state index contributed by atoms with van der Waals surface area (Å²) in [5, 5.41) is 0. The highest BCUT2D eigenvalue weighted by atomic mass is 31.2. The highest BCUT2D eigenvalue weighted by Gasteiger charge is 2.43. The molecule has 16 heavy (non-hydrogen) atoms. The average Bonchev–Trinajstić information content (AvgIpc) is 2.26. The molecule has 0 aromatic rings. The molecule has 0 aromatic heterocycles. The maximum Gasteiger partial charge on any atom is 0.339 e. The van der Waals surface area contributed by atoms with Crippen LogP contribution in [0.3, 0.4) is 0 Å². The smallest absolute Gasteiger partial charge is 0.328 e. The summed E-state index contributed by atoms with van der Waals surface area (Å²) in [7, 11) is -5.97. The van der Waals surface area contributed by atoms with Crippen LogP contribution in [0, 0.1) is 5.41 Å². The number of rotatable bonds is 2. The Labute approximate surface area is 95.4 Å². The largest absolute Gasteiger partial charge is 0.339 e. The van der Waals surface area contributed by atoms with Crippen molar-refractivity contribution in [3.63, 3.8) is 0 Å². The van der Waals surface area contributed by atoms with Gasteiger partial charge in [-0.15, -0.1) is 0 Å². The Balaban J connectivity index is 1.80. The minimum absolute atomic E-state index is 0.269. The summed E-state index contributed by atoms with van der Waals surface area (Å²) in [6.07, 6.45) is 0. The molecule has 0 amide bonds. The molecule has 2 heterocycles. The fourth-order valence-corrected chi connectivity index (χ4v) is 3.73. The summed E-state index contributed by atoms with van der Waals surface area (Å²) in [5.41, 5.74) is -0.447. The second-order valence-electron chi connectivity index (χ2n) is 3.39. The van der Waals surface area contributed by atoms with Gasteiger partial charge in [0.15, 0.2) is 0 Å². The lowest BCUT2D eigenvalue weighted by Crippen LogP contribution is -2.44. The molecule has 0 bridgehead atoms. The zero-order chi connectivity index (χ0) is 11.6. The lowest BCUT2D eigenvalue weighted by Gasteiger charge is -2.40. The molecule has 2 saturated heterocycles. The van der Waals surface area contributed by atoms with Gasteiger partial charge in [-0.3, -0.25) is 0 Å². The maximum absolute atomic E-state index is 9.05. The van der Waals surface area contributed by atoms with E-state index in [1.807, 2.05) is 0 Å². The van der Waals surface area contributed by atoms with E-state index in [1.54, 1.807) is 0 Å². The topological polar surface area (TPSA) is 107 Å². The minimum atomic E-state index is -2.48. The normalized spacial score (nSPS) is 40.5. The molecule has 0 unspecified atom stereocenters. The van der Waals surface area contributed by atoms with E-state index >= 15 is 0 Å². The molecule has 94 valence electrons. The van der Waals surface area contributed by atoms with Crippen LogP contribution in [0.25, 0.3) is 0 Å². The first-order chi connectivity index (χ1) is 7.60. The number of hydrogen-bond acceptors (Lipinski definition) is 8. The van der Waals surface area contributed by atoms with Crippen LogP contribution >= 0.6 is 25.8 Å². The predicted octanol–water partition coefficient (Wildman–Crippen LogP) is 0.741. The molecule has 0 atom stereocenters. The lowest BCUT2D eigenvalue weighted by atomic mass is 9.93. The molecule has 0 saturated carbocycles. The quantitative estimate of drug-likeness (QED) is 0.640. The molecule has 3 N–H and O–H groups in total. The van der Waals surface area contributed by atoms with E-state index in [2.05, 4.69) is 4.31 Å². The van der Waals surface area contributed by atoms with Crippen molar-refractivity contribution in [2.45, 2.75) is 0 Å². The fraction of sp³-hybridized carbons (Fsp3) is 1.00. The molecule has 11 heteroatoms. The average molecular weight is 292 g/mol. The first kappa shape index (κ1) is 13.4. The van der Waals surface area contributed by atoms with Gasteiger partial charge in [0.2, 0.25) is 0 Å². The third-order valence-corrected chi connectivity index (χ3v) is 4.55. The first-order valence-corrected chi connectivity index (χ1v) is 7.66. The summed E-state index contributed by atoms with van der Waals surface area (Å²) >= 11 is 0. The summed E-state index contributed by atoms with van der Waals surface area (Å²) in [6, 6.07) is 0. The van der Waals surface area contributed by atoms with E-state index in [9.17, 15) is 0 Å². The summed E-state index contributed by atoms with van der Waals surface area (Å²) in [5.74, 6) is 0. The molecule has 2 aliphatic rings. The zero-order valence-corrected chi connectivity index (χ0v) is 10.7. The van der Waals surface area contributed by atoms with Crippen molar-refractivity contribution in [3.05, 3.63) is 0 Å². The Bertz CT molecular complexity index is 222. The van der Waals surface area contributed by atoms with Gasteiger partial charge in [0, 0.05) is 0 Å². The molecular formula is C5H11O8P3. The third kappa shape index (κ3) is 3.48. The molecule has 2 aliphatic heterocycles. The highest BCUT2D eigenvalue weighted by Crippen LogP contribution is 2.56. The zero-order valence-electron chi connectivity index (χ0n) is 8.05. The van der Waals surface area contributed by atoms with E-state index in [0.717, 1.165) is 0 Å². The van der Waals surface area contributed by atoms with Crippen LogP contribution < -0.4 is 0 Å². The molecule has 8 nitrogen and oxygen atoms in total. The van der Waals surface area contributed by atoms with Gasteiger partial charge in [-0.1, -0.05) is 0 Å². The fourth-order valence-electron chi connectivity index (χ4n) is 1.19. The number of hydrogen-bond donors (Lipinski definition) is 3. The Morgan fingerprint density at radius 3 is 2.00 bits per heavy atom. The van der Waals surface area contributed by atoms with Crippen LogP contribution in [0.5, 0.6) is 0 Å². The van der Waals surface area contributed by atoms with Gasteiger partial charge in [-0.05, 0) is 0 Å². The minimum Gasteiger partial charge on any atom is -0.328 e. The van der Waals surface area contributed by atoms with Crippen LogP contribution in [0.1, 0.15) is 0 Å². The van der Waals surface area contributed by atoms with Crippen LogP contribution in [0.2, 0.25) is 0 Å². The van der Waals surface area contributed by atoms with Gasteiger partial charge in [0.1, 0.15) is 0 Å². The van der Waals surface area contributed by atoms with Crippen LogP contribution in [-0.4, -0.2) is 41.1 Å². The van der Waals surface area contributed by atoms with E-state index in [-0.39, 0.29) is 26.4 Å². The van der Waals surface area contributed by atoms with Crippen molar-refractivity contribution in [1.29, 1.82) is 0 Å². The van der Waals surface area contributed by atoms with Crippen molar-refractivity contribution >= 4 is 25.8 Å². The summed E-state index contributed by atoms with van der Waals surface area (Å²) in [6.45, 7) is 1.10. The molecule has 0 aliphatic carbocycles. The van der Waals surface area contributed by atoms with Gasteiger partial charge < -0.3 is 32.8 Å². The monoisotopic (exact) mass is 292 g/mol. The molecule has 1 spiro atoms. The molecule has 2 fully saturated rings. The van der Waals surface area contributed by atoms with Crippen molar-refractivity contribution in [3.8, 4) is 0 Å². The lowest BCUT2D eigenvalue weighted by molar-refractivity contribution is -0.0685. The Hall–Kier alpha value is 0.970. The maximum atomic E-state index is 9.05. The van der Waals surface area contributed by atoms with Crippen molar-refractivity contribution < 1.29 is 37.1 Å². The van der Waals surface area contributed by atoms with Crippen molar-refractivity contribution in [1.82, 2.24) is 0 Å². The Morgan fingerprint density at radius 1 is 1.00 bits per heavy atom. The van der Waals surface area contributed by atoms with E-state index in [0.29, 0.717) is 0 Å². The summed E-state index contributed by atoms with van der Waals surface area (Å²) < 4.78 is 25.0. The Morgan fingerprint density at radius 2 is 1.50 bits per heavy atom. The molecular weight excluding hydrogens is 281 g/mol. The summed E-state index contributed by atoms with van der Waals surface area (Å²) in [4.78, 5) is 26.3. The van der Waals surface area contributed by atoms with Crippen molar-refractivity contribution in [2.24, 2.45) is 5.41 Å². The van der Waals surface area contributed by atoms with Crippen LogP contribution in [-0.2, 0) is 22.4 Å². The predicted molar refractivity (Wildman–Crippen MR) is 54.7 cm³/mol. The Kier molecular flexibility index (Phi) is 4.81. The molecule has 2 rings (SSSR count). The molecule has 0 radical (unpaired) electrons. The first-order valence-electron chi connectivity index (χ1n) is 4.26. The van der Waals surface area contributed by atoms with E-state index in [1.165, 1.54) is 0 Å². The van der Waals surface area contributed by atoms with Crippen molar-refractivity contribution in [2.75, 3.05) is 26.4 Å². The van der Waals surface area contributed by atoms with Gasteiger partial charge in [0.25, 0.3) is 0 Å². The SMILES string of the molecule is OP(O)OP1OCC2(COP(O)OC2)CO1. The van der Waals surface area contributed by atoms with Gasteiger partial charge in [-0.2, -0.15) is 0 Å². The molecule has 0 aromatic carbocycles. The van der Waals surface area contributed by atoms with E-state index in [4.69, 9.17) is 32.8 Å². The van der Waals surface area contributed by atoms with Gasteiger partial charge in [0.05, 0.1) is 31.8 Å². The standard InChI is InChI=1S/C5H11O8P3/c6-14(7)13-16-11-3-5(4-12-16)1-9-15(8)10-2-5/h6-8H,1-4H2. The second-order valence-corrected chi connectivity index (χ2v) is 6.50.